The molecule has 0 aromatic heterocycles. The molecule has 3 rings (SSSR count). The number of allylic oxidation sites excluding steroid dienone is 2. The first-order valence-electron chi connectivity index (χ1n) is 8.62. The van der Waals surface area contributed by atoms with E-state index >= 15 is 0 Å². The van der Waals surface area contributed by atoms with Crippen molar-refractivity contribution in [3.05, 3.63) is 30.4 Å². The third kappa shape index (κ3) is 4.02. The Morgan fingerprint density at radius 3 is 2.58 bits per heavy atom. The number of hydrogen-bond donors (Lipinski definition) is 1. The molecule has 24 heavy (non-hydrogen) atoms. The Kier molecular flexibility index (Phi) is 5.28. The standard InChI is InChI=1S/C19H26N2O3/c1-23-17-10-16(11-18(12-17)24-2)21-8-7-15(13-21)20-19(22)9-14-5-3-4-6-14/h3,5,10-12,14-15H,4,6-9,13H2,1-2H3,(H,20,22)/t14-,15+/m1/s1. The summed E-state index contributed by atoms with van der Waals surface area (Å²) in [5, 5.41) is 3.19. The minimum Gasteiger partial charge on any atom is -0.497 e. The summed E-state index contributed by atoms with van der Waals surface area (Å²) in [5.74, 6) is 2.15. The highest BCUT2D eigenvalue weighted by molar-refractivity contribution is 5.77. The van der Waals surface area contributed by atoms with Crippen LogP contribution in [0.3, 0.4) is 0 Å². The van der Waals surface area contributed by atoms with Crippen LogP contribution < -0.4 is 19.7 Å². The summed E-state index contributed by atoms with van der Waals surface area (Å²) in [6.45, 7) is 1.74. The predicted octanol–water partition coefficient (Wildman–Crippen LogP) is 2.76. The lowest BCUT2D eigenvalue weighted by atomic mass is 10.0. The number of ether oxygens (including phenoxy) is 2. The van der Waals surface area contributed by atoms with Crippen molar-refractivity contribution in [3.8, 4) is 11.5 Å². The van der Waals surface area contributed by atoms with Crippen LogP contribution in [0.1, 0.15) is 25.7 Å². The first kappa shape index (κ1) is 16.7. The minimum atomic E-state index is 0.168. The fourth-order valence-corrected chi connectivity index (χ4v) is 3.48. The van der Waals surface area contributed by atoms with Crippen LogP contribution >= 0.6 is 0 Å². The number of anilines is 1. The quantitative estimate of drug-likeness (QED) is 0.815. The van der Waals surface area contributed by atoms with E-state index < -0.39 is 0 Å². The van der Waals surface area contributed by atoms with Crippen molar-refractivity contribution in [1.29, 1.82) is 0 Å². The Morgan fingerprint density at radius 1 is 1.21 bits per heavy atom. The lowest BCUT2D eigenvalue weighted by Gasteiger charge is -2.21. The fraction of sp³-hybridized carbons (Fsp3) is 0.526. The molecule has 0 unspecified atom stereocenters. The van der Waals surface area contributed by atoms with E-state index in [1.807, 2.05) is 18.2 Å². The van der Waals surface area contributed by atoms with Crippen molar-refractivity contribution in [1.82, 2.24) is 5.32 Å². The molecule has 1 aliphatic carbocycles. The van der Waals surface area contributed by atoms with E-state index in [0.717, 1.165) is 49.5 Å². The van der Waals surface area contributed by atoms with Gasteiger partial charge in [0, 0.05) is 49.4 Å². The predicted molar refractivity (Wildman–Crippen MR) is 94.8 cm³/mol. The molecular formula is C19H26N2O3. The van der Waals surface area contributed by atoms with Crippen LogP contribution in [0.25, 0.3) is 0 Å². The van der Waals surface area contributed by atoms with Crippen LogP contribution in [0, 0.1) is 5.92 Å². The van der Waals surface area contributed by atoms with Crippen LogP contribution in [0.4, 0.5) is 5.69 Å². The van der Waals surface area contributed by atoms with Crippen LogP contribution in [-0.2, 0) is 4.79 Å². The van der Waals surface area contributed by atoms with Gasteiger partial charge in [-0.2, -0.15) is 0 Å². The zero-order chi connectivity index (χ0) is 16.9. The molecule has 1 heterocycles. The molecule has 5 heteroatoms. The zero-order valence-corrected chi connectivity index (χ0v) is 14.5. The summed E-state index contributed by atoms with van der Waals surface area (Å²) in [4.78, 5) is 14.5. The molecule has 1 aliphatic heterocycles. The lowest BCUT2D eigenvalue weighted by molar-refractivity contribution is -0.122. The molecule has 2 aliphatic rings. The maximum atomic E-state index is 12.2. The first-order valence-corrected chi connectivity index (χ1v) is 8.62. The van der Waals surface area contributed by atoms with Crippen molar-refractivity contribution in [2.75, 3.05) is 32.2 Å². The molecule has 0 spiro atoms. The van der Waals surface area contributed by atoms with Gasteiger partial charge < -0.3 is 19.7 Å². The van der Waals surface area contributed by atoms with Gasteiger partial charge in [0.1, 0.15) is 11.5 Å². The monoisotopic (exact) mass is 330 g/mol. The van der Waals surface area contributed by atoms with E-state index in [0.29, 0.717) is 12.3 Å². The van der Waals surface area contributed by atoms with Crippen molar-refractivity contribution in [3.63, 3.8) is 0 Å². The van der Waals surface area contributed by atoms with Crippen molar-refractivity contribution >= 4 is 11.6 Å². The Morgan fingerprint density at radius 2 is 1.96 bits per heavy atom. The van der Waals surface area contributed by atoms with Gasteiger partial charge in [0.15, 0.2) is 0 Å². The molecule has 1 aromatic rings. The highest BCUT2D eigenvalue weighted by Crippen LogP contribution is 2.30. The third-order valence-electron chi connectivity index (χ3n) is 4.81. The Balaban J connectivity index is 1.56. The normalized spacial score (nSPS) is 22.7. The van der Waals surface area contributed by atoms with E-state index in [2.05, 4.69) is 22.4 Å². The average Bonchev–Trinajstić information content (AvgIpc) is 3.26. The summed E-state index contributed by atoms with van der Waals surface area (Å²) in [6, 6.07) is 6.10. The summed E-state index contributed by atoms with van der Waals surface area (Å²) in [7, 11) is 3.31. The summed E-state index contributed by atoms with van der Waals surface area (Å²) in [6.07, 6.45) is 8.13. The van der Waals surface area contributed by atoms with E-state index in [1.165, 1.54) is 0 Å². The average molecular weight is 330 g/mol. The molecule has 1 fully saturated rings. The Labute approximate surface area is 143 Å². The molecule has 5 nitrogen and oxygen atoms in total. The molecule has 2 atom stereocenters. The van der Waals surface area contributed by atoms with E-state index in [1.54, 1.807) is 14.2 Å². The molecule has 130 valence electrons. The molecule has 1 N–H and O–H groups in total. The van der Waals surface area contributed by atoms with Crippen molar-refractivity contribution in [2.45, 2.75) is 31.7 Å². The van der Waals surface area contributed by atoms with Gasteiger partial charge in [-0.3, -0.25) is 4.79 Å². The molecular weight excluding hydrogens is 304 g/mol. The van der Waals surface area contributed by atoms with E-state index in [9.17, 15) is 4.79 Å². The number of carbonyl (C=O) groups is 1. The second-order valence-electron chi connectivity index (χ2n) is 6.54. The van der Waals surface area contributed by atoms with Gasteiger partial charge in [0.2, 0.25) is 5.91 Å². The topological polar surface area (TPSA) is 50.8 Å². The zero-order valence-electron chi connectivity index (χ0n) is 14.5. The van der Waals surface area contributed by atoms with Gasteiger partial charge in [0.05, 0.1) is 14.2 Å². The largest absolute Gasteiger partial charge is 0.497 e. The number of carbonyl (C=O) groups excluding carboxylic acids is 1. The number of methoxy groups -OCH3 is 2. The smallest absolute Gasteiger partial charge is 0.220 e. The molecule has 1 saturated heterocycles. The second-order valence-corrected chi connectivity index (χ2v) is 6.54. The maximum Gasteiger partial charge on any atom is 0.220 e. The molecule has 0 saturated carbocycles. The van der Waals surface area contributed by atoms with Crippen LogP contribution in [-0.4, -0.2) is 39.3 Å². The van der Waals surface area contributed by atoms with E-state index in [-0.39, 0.29) is 11.9 Å². The number of rotatable bonds is 6. The number of hydrogen-bond acceptors (Lipinski definition) is 4. The van der Waals surface area contributed by atoms with Crippen molar-refractivity contribution in [2.24, 2.45) is 5.92 Å². The van der Waals surface area contributed by atoms with Gasteiger partial charge in [0.25, 0.3) is 0 Å². The van der Waals surface area contributed by atoms with E-state index in [4.69, 9.17) is 9.47 Å². The van der Waals surface area contributed by atoms with Crippen LogP contribution in [0.5, 0.6) is 11.5 Å². The van der Waals surface area contributed by atoms with Crippen LogP contribution in [0.2, 0.25) is 0 Å². The van der Waals surface area contributed by atoms with Gasteiger partial charge in [-0.05, 0) is 25.2 Å². The summed E-state index contributed by atoms with van der Waals surface area (Å²) in [5.41, 5.74) is 1.07. The minimum absolute atomic E-state index is 0.168. The number of amides is 1. The summed E-state index contributed by atoms with van der Waals surface area (Å²) < 4.78 is 10.7. The fourth-order valence-electron chi connectivity index (χ4n) is 3.48. The first-order chi connectivity index (χ1) is 11.7. The molecule has 1 aromatic carbocycles. The third-order valence-corrected chi connectivity index (χ3v) is 4.81. The Hall–Kier alpha value is -2.17. The maximum absolute atomic E-state index is 12.2. The van der Waals surface area contributed by atoms with Crippen LogP contribution in [0.15, 0.2) is 30.4 Å². The number of nitrogens with zero attached hydrogens (tertiary/aromatic N) is 1. The van der Waals surface area contributed by atoms with Crippen molar-refractivity contribution < 1.29 is 14.3 Å². The van der Waals surface area contributed by atoms with Gasteiger partial charge in [-0.1, -0.05) is 12.2 Å². The van der Waals surface area contributed by atoms with Gasteiger partial charge in [-0.15, -0.1) is 0 Å². The molecule has 1 amide bonds. The number of benzene rings is 1. The molecule has 0 radical (unpaired) electrons. The second kappa shape index (κ2) is 7.60. The van der Waals surface area contributed by atoms with Gasteiger partial charge >= 0.3 is 0 Å². The number of nitrogens with one attached hydrogen (secondary N) is 1. The highest BCUT2D eigenvalue weighted by Gasteiger charge is 2.25. The Bertz CT molecular complexity index is 592. The molecule has 0 bridgehead atoms. The highest BCUT2D eigenvalue weighted by atomic mass is 16.5. The lowest BCUT2D eigenvalue weighted by Crippen LogP contribution is -2.37. The SMILES string of the molecule is COc1cc(OC)cc(N2CC[C@H](NC(=O)C[C@@H]3C=CCC3)C2)c1. The van der Waals surface area contributed by atoms with Gasteiger partial charge in [-0.25, -0.2) is 0 Å². The summed E-state index contributed by atoms with van der Waals surface area (Å²) >= 11 is 0.